The zero-order chi connectivity index (χ0) is 22.7. The molecule has 0 atom stereocenters. The van der Waals surface area contributed by atoms with E-state index < -0.39 is 15.9 Å². The topological polar surface area (TPSA) is 93.7 Å². The van der Waals surface area contributed by atoms with Gasteiger partial charge in [0.25, 0.3) is 5.91 Å². The average molecular weight is 456 g/mol. The largest absolute Gasteiger partial charge is 0.454 e. The second kappa shape index (κ2) is 8.97. The highest BCUT2D eigenvalue weighted by molar-refractivity contribution is 7.89. The summed E-state index contributed by atoms with van der Waals surface area (Å²) in [5.41, 5.74) is 2.02. The molecule has 4 rings (SSSR count). The van der Waals surface area contributed by atoms with E-state index in [1.807, 2.05) is 0 Å². The molecule has 1 aliphatic rings. The molecule has 0 aliphatic carbocycles. The maximum Gasteiger partial charge on any atom is 0.251 e. The Labute approximate surface area is 185 Å². The van der Waals surface area contributed by atoms with Gasteiger partial charge in [-0.2, -0.15) is 0 Å². The highest BCUT2D eigenvalue weighted by Crippen LogP contribution is 2.32. The first-order chi connectivity index (χ1) is 15.3. The molecule has 3 aromatic rings. The van der Waals surface area contributed by atoms with E-state index in [-0.39, 0.29) is 36.2 Å². The summed E-state index contributed by atoms with van der Waals surface area (Å²) in [6.45, 7) is 1.96. The van der Waals surface area contributed by atoms with Gasteiger partial charge in [-0.1, -0.05) is 24.3 Å². The van der Waals surface area contributed by atoms with Crippen molar-refractivity contribution < 1.29 is 27.1 Å². The van der Waals surface area contributed by atoms with Crippen LogP contribution < -0.4 is 19.5 Å². The predicted molar refractivity (Wildman–Crippen MR) is 115 cm³/mol. The number of ether oxygens (including phenoxy) is 2. The lowest BCUT2D eigenvalue weighted by molar-refractivity contribution is 0.0950. The van der Waals surface area contributed by atoms with E-state index in [2.05, 4.69) is 10.0 Å². The maximum atomic E-state index is 13.7. The van der Waals surface area contributed by atoms with E-state index >= 15 is 0 Å². The SMILES string of the molecule is Cc1ccc(CNC(=O)c2cccc(S(=O)(=O)NCc3ccc4c(c3)OCO4)c2)cc1F. The molecule has 9 heteroatoms. The molecule has 0 radical (unpaired) electrons. The lowest BCUT2D eigenvalue weighted by Crippen LogP contribution is -2.25. The van der Waals surface area contributed by atoms with Gasteiger partial charge in [0.05, 0.1) is 4.90 Å². The monoisotopic (exact) mass is 456 g/mol. The minimum absolute atomic E-state index is 0.0349. The van der Waals surface area contributed by atoms with Crippen LogP contribution in [-0.4, -0.2) is 21.1 Å². The van der Waals surface area contributed by atoms with Crippen LogP contribution in [-0.2, 0) is 23.1 Å². The molecule has 3 aromatic carbocycles. The summed E-state index contributed by atoms with van der Waals surface area (Å²) in [7, 11) is -3.86. The van der Waals surface area contributed by atoms with Gasteiger partial charge in [0.15, 0.2) is 11.5 Å². The van der Waals surface area contributed by atoms with Gasteiger partial charge < -0.3 is 14.8 Å². The molecular weight excluding hydrogens is 435 g/mol. The Morgan fingerprint density at radius 3 is 2.53 bits per heavy atom. The number of hydrogen-bond acceptors (Lipinski definition) is 5. The Hall–Kier alpha value is -3.43. The van der Waals surface area contributed by atoms with Gasteiger partial charge in [-0.3, -0.25) is 4.79 Å². The summed E-state index contributed by atoms with van der Waals surface area (Å²) in [6, 6.07) is 15.6. The lowest BCUT2D eigenvalue weighted by Gasteiger charge is -2.10. The first-order valence-electron chi connectivity index (χ1n) is 9.83. The van der Waals surface area contributed by atoms with Crippen molar-refractivity contribution in [2.24, 2.45) is 0 Å². The van der Waals surface area contributed by atoms with Crippen molar-refractivity contribution in [1.29, 1.82) is 0 Å². The summed E-state index contributed by atoms with van der Waals surface area (Å²) in [5.74, 6) is 0.370. The number of carbonyl (C=O) groups excluding carboxylic acids is 1. The quantitative estimate of drug-likeness (QED) is 0.569. The van der Waals surface area contributed by atoms with Crippen LogP contribution in [0.2, 0.25) is 0 Å². The number of nitrogens with one attached hydrogen (secondary N) is 2. The molecule has 0 aromatic heterocycles. The Morgan fingerprint density at radius 1 is 0.969 bits per heavy atom. The first kappa shape index (κ1) is 21.8. The van der Waals surface area contributed by atoms with E-state index in [0.29, 0.717) is 28.2 Å². The number of sulfonamides is 1. The molecule has 1 heterocycles. The zero-order valence-electron chi connectivity index (χ0n) is 17.2. The van der Waals surface area contributed by atoms with Gasteiger partial charge in [-0.15, -0.1) is 0 Å². The van der Waals surface area contributed by atoms with Crippen molar-refractivity contribution in [3.63, 3.8) is 0 Å². The number of benzene rings is 3. The molecule has 1 amide bonds. The normalized spacial score (nSPS) is 12.6. The van der Waals surface area contributed by atoms with E-state index in [9.17, 15) is 17.6 Å². The average Bonchev–Trinajstić information content (AvgIpc) is 3.26. The number of hydrogen-bond donors (Lipinski definition) is 2. The Balaban J connectivity index is 1.41. The van der Waals surface area contributed by atoms with Crippen molar-refractivity contribution in [1.82, 2.24) is 10.0 Å². The van der Waals surface area contributed by atoms with Crippen molar-refractivity contribution >= 4 is 15.9 Å². The smallest absolute Gasteiger partial charge is 0.251 e. The minimum Gasteiger partial charge on any atom is -0.454 e. The number of amides is 1. The molecule has 0 saturated heterocycles. The fraction of sp³-hybridized carbons (Fsp3) is 0.174. The van der Waals surface area contributed by atoms with Crippen molar-refractivity contribution in [2.45, 2.75) is 24.9 Å². The molecule has 0 fully saturated rings. The van der Waals surface area contributed by atoms with Gasteiger partial charge >= 0.3 is 0 Å². The van der Waals surface area contributed by atoms with E-state index in [0.717, 1.165) is 0 Å². The molecule has 32 heavy (non-hydrogen) atoms. The van der Waals surface area contributed by atoms with Gasteiger partial charge in [-0.25, -0.2) is 17.5 Å². The van der Waals surface area contributed by atoms with Crippen molar-refractivity contribution in [3.05, 3.63) is 88.7 Å². The summed E-state index contributed by atoms with van der Waals surface area (Å²) in [4.78, 5) is 12.5. The van der Waals surface area contributed by atoms with Gasteiger partial charge in [-0.05, 0) is 60.0 Å². The Bertz CT molecular complexity index is 1280. The molecule has 0 spiro atoms. The molecule has 0 unspecified atom stereocenters. The number of aryl methyl sites for hydroxylation is 1. The highest BCUT2D eigenvalue weighted by Gasteiger charge is 2.18. The van der Waals surface area contributed by atoms with Crippen LogP contribution in [0, 0.1) is 12.7 Å². The minimum atomic E-state index is -3.86. The molecule has 166 valence electrons. The fourth-order valence-corrected chi connectivity index (χ4v) is 4.21. The van der Waals surface area contributed by atoms with Crippen LogP contribution >= 0.6 is 0 Å². The van der Waals surface area contributed by atoms with Crippen LogP contribution in [0.5, 0.6) is 11.5 Å². The van der Waals surface area contributed by atoms with Gasteiger partial charge in [0.1, 0.15) is 5.82 Å². The van der Waals surface area contributed by atoms with Crippen molar-refractivity contribution in [2.75, 3.05) is 6.79 Å². The molecule has 7 nitrogen and oxygen atoms in total. The summed E-state index contributed by atoms with van der Waals surface area (Å²) >= 11 is 0. The molecule has 0 bridgehead atoms. The third-order valence-corrected chi connectivity index (χ3v) is 6.40. The number of halogens is 1. The highest BCUT2D eigenvalue weighted by atomic mass is 32.2. The van der Waals surface area contributed by atoms with Crippen LogP contribution in [0.4, 0.5) is 4.39 Å². The summed E-state index contributed by atoms with van der Waals surface area (Å²) < 4.78 is 52.2. The Morgan fingerprint density at radius 2 is 1.72 bits per heavy atom. The lowest BCUT2D eigenvalue weighted by atomic mass is 10.1. The molecule has 1 aliphatic heterocycles. The van der Waals surface area contributed by atoms with Crippen LogP contribution in [0.1, 0.15) is 27.0 Å². The van der Waals surface area contributed by atoms with E-state index in [1.165, 1.54) is 30.3 Å². The number of fused-ring (bicyclic) bond motifs is 1. The van der Waals surface area contributed by atoms with E-state index in [1.54, 1.807) is 37.3 Å². The molecular formula is C23H21FN2O5S. The van der Waals surface area contributed by atoms with E-state index in [4.69, 9.17) is 9.47 Å². The zero-order valence-corrected chi connectivity index (χ0v) is 18.0. The third kappa shape index (κ3) is 4.90. The predicted octanol–water partition coefficient (Wildman–Crippen LogP) is 3.27. The van der Waals surface area contributed by atoms with Gasteiger partial charge in [0.2, 0.25) is 16.8 Å². The van der Waals surface area contributed by atoms with Gasteiger partial charge in [0, 0.05) is 18.7 Å². The standard InChI is InChI=1S/C23H21FN2O5S/c1-15-5-6-16(9-20(15)24)12-25-23(27)18-3-2-4-19(11-18)32(28,29)26-13-17-7-8-21-22(10-17)31-14-30-21/h2-11,26H,12-14H2,1H3,(H,25,27). The fourth-order valence-electron chi connectivity index (χ4n) is 3.15. The summed E-state index contributed by atoms with van der Waals surface area (Å²) in [6.07, 6.45) is 0. The third-order valence-electron chi connectivity index (χ3n) is 5.00. The first-order valence-corrected chi connectivity index (χ1v) is 11.3. The molecule has 0 saturated carbocycles. The van der Waals surface area contributed by atoms with Crippen molar-refractivity contribution in [3.8, 4) is 11.5 Å². The van der Waals surface area contributed by atoms with Crippen LogP contribution in [0.15, 0.2) is 65.6 Å². The summed E-state index contributed by atoms with van der Waals surface area (Å²) in [5, 5.41) is 2.68. The maximum absolute atomic E-state index is 13.7. The Kier molecular flexibility index (Phi) is 6.11. The second-order valence-corrected chi connectivity index (χ2v) is 9.07. The second-order valence-electron chi connectivity index (χ2n) is 7.31. The van der Waals surface area contributed by atoms with Crippen LogP contribution in [0.25, 0.3) is 0 Å². The number of carbonyl (C=O) groups is 1. The molecule has 2 N–H and O–H groups in total. The van der Waals surface area contributed by atoms with Crippen LogP contribution in [0.3, 0.4) is 0 Å². The number of rotatable bonds is 7.